The number of carbonyl (C=O) groups excluding carboxylic acids is 1. The molecule has 0 bridgehead atoms. The van der Waals surface area contributed by atoms with E-state index in [2.05, 4.69) is 5.32 Å². The average Bonchev–Trinajstić information content (AvgIpc) is 2.83. The van der Waals surface area contributed by atoms with Gasteiger partial charge in [-0.05, 0) is 37.1 Å². The lowest BCUT2D eigenvalue weighted by molar-refractivity contribution is -0.119. The molecule has 0 aromatic heterocycles. The van der Waals surface area contributed by atoms with Crippen molar-refractivity contribution in [1.82, 2.24) is 0 Å². The van der Waals surface area contributed by atoms with E-state index in [9.17, 15) is 4.79 Å². The molecule has 17 heavy (non-hydrogen) atoms. The van der Waals surface area contributed by atoms with E-state index in [0.717, 1.165) is 24.2 Å². The second kappa shape index (κ2) is 5.21. The van der Waals surface area contributed by atoms with Crippen LogP contribution in [-0.4, -0.2) is 20.0 Å². The molecular weight excluding hydrogens is 212 g/mol. The SMILES string of the molecule is CN(C)c1ccc(NC(=O)C2CCCC2)cc1. The van der Waals surface area contributed by atoms with Crippen molar-refractivity contribution in [3.8, 4) is 0 Å². The molecule has 1 aromatic carbocycles. The molecule has 3 heteroatoms. The lowest BCUT2D eigenvalue weighted by Crippen LogP contribution is -2.20. The van der Waals surface area contributed by atoms with E-state index in [1.54, 1.807) is 0 Å². The van der Waals surface area contributed by atoms with Crippen LogP contribution in [0.2, 0.25) is 0 Å². The fourth-order valence-electron chi connectivity index (χ4n) is 2.28. The van der Waals surface area contributed by atoms with Gasteiger partial charge in [0.15, 0.2) is 0 Å². The number of nitrogens with one attached hydrogen (secondary N) is 1. The fourth-order valence-corrected chi connectivity index (χ4v) is 2.28. The van der Waals surface area contributed by atoms with Crippen molar-refractivity contribution in [3.05, 3.63) is 24.3 Å². The molecule has 0 atom stereocenters. The molecule has 0 unspecified atom stereocenters. The molecule has 1 aliphatic carbocycles. The molecule has 0 spiro atoms. The first-order valence-corrected chi connectivity index (χ1v) is 6.25. The molecule has 1 aliphatic rings. The number of nitrogens with zero attached hydrogens (tertiary/aromatic N) is 1. The van der Waals surface area contributed by atoms with Crippen molar-refractivity contribution in [1.29, 1.82) is 0 Å². The highest BCUT2D eigenvalue weighted by Crippen LogP contribution is 2.26. The number of benzene rings is 1. The molecule has 92 valence electrons. The molecule has 0 heterocycles. The summed E-state index contributed by atoms with van der Waals surface area (Å²) in [4.78, 5) is 14.0. The van der Waals surface area contributed by atoms with Crippen LogP contribution in [0.15, 0.2) is 24.3 Å². The molecule has 1 fully saturated rings. The van der Waals surface area contributed by atoms with E-state index < -0.39 is 0 Å². The lowest BCUT2D eigenvalue weighted by atomic mass is 10.1. The third-order valence-electron chi connectivity index (χ3n) is 3.38. The molecule has 3 nitrogen and oxygen atoms in total. The van der Waals surface area contributed by atoms with Gasteiger partial charge in [0.2, 0.25) is 5.91 Å². The van der Waals surface area contributed by atoms with Gasteiger partial charge in [0, 0.05) is 31.4 Å². The Labute approximate surface area is 103 Å². The lowest BCUT2D eigenvalue weighted by Gasteiger charge is -2.14. The largest absolute Gasteiger partial charge is 0.378 e. The number of rotatable bonds is 3. The number of amides is 1. The first kappa shape index (κ1) is 12.0. The quantitative estimate of drug-likeness (QED) is 0.869. The van der Waals surface area contributed by atoms with Crippen LogP contribution < -0.4 is 10.2 Å². The van der Waals surface area contributed by atoms with E-state index in [1.165, 1.54) is 12.8 Å². The Kier molecular flexibility index (Phi) is 3.67. The van der Waals surface area contributed by atoms with E-state index in [4.69, 9.17) is 0 Å². The van der Waals surface area contributed by atoms with Crippen molar-refractivity contribution >= 4 is 17.3 Å². The smallest absolute Gasteiger partial charge is 0.227 e. The van der Waals surface area contributed by atoms with Crippen LogP contribution >= 0.6 is 0 Å². The van der Waals surface area contributed by atoms with E-state index in [-0.39, 0.29) is 11.8 Å². The zero-order valence-electron chi connectivity index (χ0n) is 10.6. The molecule has 1 aromatic rings. The van der Waals surface area contributed by atoms with Crippen molar-refractivity contribution in [2.24, 2.45) is 5.92 Å². The predicted octanol–water partition coefficient (Wildman–Crippen LogP) is 2.88. The Morgan fingerprint density at radius 3 is 2.29 bits per heavy atom. The fraction of sp³-hybridized carbons (Fsp3) is 0.500. The van der Waals surface area contributed by atoms with E-state index >= 15 is 0 Å². The third-order valence-corrected chi connectivity index (χ3v) is 3.38. The summed E-state index contributed by atoms with van der Waals surface area (Å²) >= 11 is 0. The van der Waals surface area contributed by atoms with Gasteiger partial charge in [0.25, 0.3) is 0 Å². The summed E-state index contributed by atoms with van der Waals surface area (Å²) in [5.74, 6) is 0.406. The molecule has 1 amide bonds. The Morgan fingerprint density at radius 1 is 1.18 bits per heavy atom. The molecule has 0 aliphatic heterocycles. The van der Waals surface area contributed by atoms with Gasteiger partial charge in [0.1, 0.15) is 0 Å². The minimum Gasteiger partial charge on any atom is -0.378 e. The second-order valence-corrected chi connectivity index (χ2v) is 4.91. The Morgan fingerprint density at radius 2 is 1.76 bits per heavy atom. The van der Waals surface area contributed by atoms with Gasteiger partial charge < -0.3 is 10.2 Å². The van der Waals surface area contributed by atoms with E-state index in [0.29, 0.717) is 0 Å². The Balaban J connectivity index is 1.96. The van der Waals surface area contributed by atoms with Gasteiger partial charge in [-0.1, -0.05) is 12.8 Å². The first-order chi connectivity index (χ1) is 8.16. The monoisotopic (exact) mass is 232 g/mol. The van der Waals surface area contributed by atoms with Crippen LogP contribution in [0.3, 0.4) is 0 Å². The van der Waals surface area contributed by atoms with Crippen LogP contribution in [0.25, 0.3) is 0 Å². The number of hydrogen-bond acceptors (Lipinski definition) is 2. The van der Waals surface area contributed by atoms with Gasteiger partial charge in [-0.25, -0.2) is 0 Å². The summed E-state index contributed by atoms with van der Waals surface area (Å²) in [6.45, 7) is 0. The van der Waals surface area contributed by atoms with Crippen molar-refractivity contribution in [2.75, 3.05) is 24.3 Å². The zero-order chi connectivity index (χ0) is 12.3. The molecule has 2 rings (SSSR count). The Hall–Kier alpha value is -1.51. The highest BCUT2D eigenvalue weighted by atomic mass is 16.1. The average molecular weight is 232 g/mol. The summed E-state index contributed by atoms with van der Waals surface area (Å²) in [6.07, 6.45) is 4.47. The topological polar surface area (TPSA) is 32.3 Å². The van der Waals surface area contributed by atoms with Gasteiger partial charge >= 0.3 is 0 Å². The van der Waals surface area contributed by atoms with E-state index in [1.807, 2.05) is 43.3 Å². The maximum Gasteiger partial charge on any atom is 0.227 e. The summed E-state index contributed by atoms with van der Waals surface area (Å²) in [5, 5.41) is 2.99. The van der Waals surface area contributed by atoms with Gasteiger partial charge in [-0.2, -0.15) is 0 Å². The number of anilines is 2. The van der Waals surface area contributed by atoms with Gasteiger partial charge in [0.05, 0.1) is 0 Å². The highest BCUT2D eigenvalue weighted by molar-refractivity contribution is 5.92. The van der Waals surface area contributed by atoms with Gasteiger partial charge in [-0.15, -0.1) is 0 Å². The predicted molar refractivity (Wildman–Crippen MR) is 71.4 cm³/mol. The van der Waals surface area contributed by atoms with Crippen LogP contribution in [0, 0.1) is 5.92 Å². The highest BCUT2D eigenvalue weighted by Gasteiger charge is 2.22. The van der Waals surface area contributed by atoms with Crippen LogP contribution in [0.1, 0.15) is 25.7 Å². The van der Waals surface area contributed by atoms with Crippen molar-refractivity contribution < 1.29 is 4.79 Å². The normalized spacial score (nSPS) is 15.9. The molecule has 0 saturated heterocycles. The van der Waals surface area contributed by atoms with Crippen LogP contribution in [0.4, 0.5) is 11.4 Å². The standard InChI is InChI=1S/C14H20N2O/c1-16(2)13-9-7-12(8-10-13)15-14(17)11-5-3-4-6-11/h7-11H,3-6H2,1-2H3,(H,15,17). The summed E-state index contributed by atoms with van der Waals surface area (Å²) < 4.78 is 0. The summed E-state index contributed by atoms with van der Waals surface area (Å²) in [7, 11) is 4.01. The van der Waals surface area contributed by atoms with Crippen molar-refractivity contribution in [2.45, 2.75) is 25.7 Å². The second-order valence-electron chi connectivity index (χ2n) is 4.91. The number of hydrogen-bond donors (Lipinski definition) is 1. The maximum absolute atomic E-state index is 11.9. The third kappa shape index (κ3) is 2.99. The summed E-state index contributed by atoms with van der Waals surface area (Å²) in [5.41, 5.74) is 2.04. The minimum absolute atomic E-state index is 0.181. The molecule has 0 radical (unpaired) electrons. The minimum atomic E-state index is 0.181. The van der Waals surface area contributed by atoms with Crippen LogP contribution in [-0.2, 0) is 4.79 Å². The van der Waals surface area contributed by atoms with Crippen molar-refractivity contribution in [3.63, 3.8) is 0 Å². The molecular formula is C14H20N2O. The van der Waals surface area contributed by atoms with Crippen LogP contribution in [0.5, 0.6) is 0 Å². The first-order valence-electron chi connectivity index (χ1n) is 6.25. The zero-order valence-corrected chi connectivity index (χ0v) is 10.6. The number of carbonyl (C=O) groups is 1. The Bertz CT molecular complexity index is 378. The molecule has 1 saturated carbocycles. The summed E-state index contributed by atoms with van der Waals surface area (Å²) in [6, 6.07) is 7.96. The maximum atomic E-state index is 11.9. The molecule has 1 N–H and O–H groups in total. The van der Waals surface area contributed by atoms with Gasteiger partial charge in [-0.3, -0.25) is 4.79 Å².